The zero-order valence-corrected chi connectivity index (χ0v) is 22.7. The summed E-state index contributed by atoms with van der Waals surface area (Å²) in [5, 5.41) is 9.49. The van der Waals surface area contributed by atoms with E-state index in [2.05, 4.69) is 0 Å². The molecule has 0 aliphatic carbocycles. The van der Waals surface area contributed by atoms with Crippen LogP contribution in [-0.2, 0) is 10.1 Å². The van der Waals surface area contributed by atoms with Crippen LogP contribution in [0.25, 0.3) is 0 Å². The van der Waals surface area contributed by atoms with Gasteiger partial charge in [0.1, 0.15) is 0 Å². The zero-order chi connectivity index (χ0) is 20.2. The van der Waals surface area contributed by atoms with Gasteiger partial charge in [0.15, 0.2) is 0 Å². The monoisotopic (exact) mass is 444 g/mol. The van der Waals surface area contributed by atoms with E-state index >= 15 is 0 Å². The average molecular weight is 445 g/mol. The SMILES string of the molecule is CCC(O)CCCCCCCCCCCCCCCCCCCS(=O)(=O)[O-].[K+]. The molecule has 0 aliphatic rings. The maximum Gasteiger partial charge on any atom is 1.00 e. The van der Waals surface area contributed by atoms with Gasteiger partial charge in [-0.05, 0) is 19.3 Å². The molecule has 0 amide bonds. The van der Waals surface area contributed by atoms with Crippen LogP contribution in [0.3, 0.4) is 0 Å². The van der Waals surface area contributed by atoms with Crippen molar-refractivity contribution in [2.24, 2.45) is 0 Å². The van der Waals surface area contributed by atoms with Crippen LogP contribution in [0, 0.1) is 0 Å². The number of rotatable bonds is 21. The Kier molecular flexibility index (Phi) is 26.2. The number of hydrogen-bond acceptors (Lipinski definition) is 4. The van der Waals surface area contributed by atoms with E-state index in [1.807, 2.05) is 6.92 Å². The van der Waals surface area contributed by atoms with Gasteiger partial charge in [-0.2, -0.15) is 0 Å². The Morgan fingerprint density at radius 1 is 0.643 bits per heavy atom. The first-order valence-corrected chi connectivity index (χ1v) is 13.1. The van der Waals surface area contributed by atoms with Gasteiger partial charge in [-0.15, -0.1) is 0 Å². The maximum absolute atomic E-state index is 10.5. The molecule has 1 N–H and O–H groups in total. The minimum absolute atomic E-state index is 0. The fourth-order valence-corrected chi connectivity index (χ4v) is 4.07. The van der Waals surface area contributed by atoms with Crippen LogP contribution < -0.4 is 51.4 Å². The largest absolute Gasteiger partial charge is 1.00 e. The molecule has 0 aromatic carbocycles. The van der Waals surface area contributed by atoms with Gasteiger partial charge >= 0.3 is 51.4 Å². The third kappa shape index (κ3) is 27.5. The molecule has 164 valence electrons. The van der Waals surface area contributed by atoms with Crippen LogP contribution in [0.5, 0.6) is 0 Å². The first-order chi connectivity index (χ1) is 13.0. The fraction of sp³-hybridized carbons (Fsp3) is 1.00. The standard InChI is InChI=1S/C22H46O4S.K/c1-2-22(23)20-18-16-14-12-10-8-6-4-3-5-7-9-11-13-15-17-19-21-27(24,25)26;/h22-23H,2-21H2,1H3,(H,24,25,26);/q;+1/p-1. The van der Waals surface area contributed by atoms with Gasteiger partial charge < -0.3 is 9.66 Å². The summed E-state index contributed by atoms with van der Waals surface area (Å²) in [6, 6.07) is 0. The molecule has 0 aromatic heterocycles. The maximum atomic E-state index is 10.5. The van der Waals surface area contributed by atoms with Gasteiger partial charge in [0.05, 0.1) is 16.2 Å². The molecule has 28 heavy (non-hydrogen) atoms. The molecule has 6 heteroatoms. The smallest absolute Gasteiger partial charge is 0.748 e. The van der Waals surface area contributed by atoms with Crippen molar-refractivity contribution in [3.05, 3.63) is 0 Å². The molecule has 4 nitrogen and oxygen atoms in total. The molecule has 0 aromatic rings. The van der Waals surface area contributed by atoms with E-state index in [1.165, 1.54) is 83.5 Å². The number of hydrogen-bond donors (Lipinski definition) is 1. The Balaban J connectivity index is 0. The second-order valence-corrected chi connectivity index (χ2v) is 9.65. The summed E-state index contributed by atoms with van der Waals surface area (Å²) < 4.78 is 31.4. The zero-order valence-electron chi connectivity index (χ0n) is 18.8. The van der Waals surface area contributed by atoms with Crippen LogP contribution in [0.15, 0.2) is 0 Å². The molecule has 0 rings (SSSR count). The van der Waals surface area contributed by atoms with Crippen molar-refractivity contribution < 1.29 is 69.5 Å². The molecule has 0 heterocycles. The van der Waals surface area contributed by atoms with Crippen LogP contribution in [0.4, 0.5) is 0 Å². The van der Waals surface area contributed by atoms with Crippen molar-refractivity contribution in [3.63, 3.8) is 0 Å². The van der Waals surface area contributed by atoms with Crippen LogP contribution in [-0.4, -0.2) is 29.9 Å². The van der Waals surface area contributed by atoms with Crippen molar-refractivity contribution in [1.29, 1.82) is 0 Å². The Labute approximate surface area is 218 Å². The molecule has 0 saturated heterocycles. The van der Waals surface area contributed by atoms with Crippen LogP contribution in [0.1, 0.15) is 129 Å². The van der Waals surface area contributed by atoms with Gasteiger partial charge in [0.2, 0.25) is 0 Å². The molecular weight excluding hydrogens is 399 g/mol. The van der Waals surface area contributed by atoms with Crippen molar-refractivity contribution in [2.75, 3.05) is 5.75 Å². The number of unbranched alkanes of at least 4 members (excludes halogenated alkanes) is 16. The fourth-order valence-electron chi connectivity index (χ4n) is 3.51. The predicted molar refractivity (Wildman–Crippen MR) is 114 cm³/mol. The molecule has 0 radical (unpaired) electrons. The summed E-state index contributed by atoms with van der Waals surface area (Å²) in [6.07, 6.45) is 22.5. The molecule has 1 atom stereocenters. The van der Waals surface area contributed by atoms with Crippen molar-refractivity contribution in [2.45, 2.75) is 135 Å². The van der Waals surface area contributed by atoms with Gasteiger partial charge in [-0.3, -0.25) is 0 Å². The van der Waals surface area contributed by atoms with Gasteiger partial charge in [-0.25, -0.2) is 8.42 Å². The molecular formula is C22H45KO4S. The van der Waals surface area contributed by atoms with E-state index in [0.717, 1.165) is 32.1 Å². The summed E-state index contributed by atoms with van der Waals surface area (Å²) in [7, 11) is -4.01. The van der Waals surface area contributed by atoms with E-state index in [-0.39, 0.29) is 63.2 Å². The Morgan fingerprint density at radius 3 is 1.21 bits per heavy atom. The second-order valence-electron chi connectivity index (χ2n) is 8.12. The van der Waals surface area contributed by atoms with E-state index in [4.69, 9.17) is 0 Å². The summed E-state index contributed by atoms with van der Waals surface area (Å²) in [4.78, 5) is 0. The molecule has 0 spiro atoms. The van der Waals surface area contributed by atoms with E-state index < -0.39 is 10.1 Å². The summed E-state index contributed by atoms with van der Waals surface area (Å²) in [5.74, 6) is -0.198. The Bertz CT molecular complexity index is 401. The quantitative estimate of drug-likeness (QED) is 0.167. The first-order valence-electron chi connectivity index (χ1n) is 11.6. The molecule has 0 aliphatic heterocycles. The molecule has 0 fully saturated rings. The second kappa shape index (κ2) is 23.2. The normalized spacial score (nSPS) is 12.7. The summed E-state index contributed by atoms with van der Waals surface area (Å²) >= 11 is 0. The van der Waals surface area contributed by atoms with Crippen LogP contribution in [0.2, 0.25) is 0 Å². The summed E-state index contributed by atoms with van der Waals surface area (Å²) in [6.45, 7) is 2.04. The molecule has 0 bridgehead atoms. The third-order valence-corrected chi connectivity index (χ3v) is 6.19. The minimum Gasteiger partial charge on any atom is -0.748 e. The first kappa shape index (κ1) is 31.7. The van der Waals surface area contributed by atoms with Crippen molar-refractivity contribution in [1.82, 2.24) is 0 Å². The molecule has 0 saturated carbocycles. The van der Waals surface area contributed by atoms with Gasteiger partial charge in [-0.1, -0.05) is 110 Å². The van der Waals surface area contributed by atoms with E-state index in [1.54, 1.807) is 0 Å². The van der Waals surface area contributed by atoms with E-state index in [9.17, 15) is 18.1 Å². The predicted octanol–water partition coefficient (Wildman–Crippen LogP) is 3.33. The minimum atomic E-state index is -4.01. The van der Waals surface area contributed by atoms with Gasteiger partial charge in [0, 0.05) is 5.75 Å². The van der Waals surface area contributed by atoms with Crippen molar-refractivity contribution >= 4 is 10.1 Å². The number of aliphatic hydroxyl groups is 1. The van der Waals surface area contributed by atoms with Crippen LogP contribution >= 0.6 is 0 Å². The van der Waals surface area contributed by atoms with Gasteiger partial charge in [0.25, 0.3) is 0 Å². The Morgan fingerprint density at radius 2 is 0.929 bits per heavy atom. The summed E-state index contributed by atoms with van der Waals surface area (Å²) in [5.41, 5.74) is 0. The molecule has 1 unspecified atom stereocenters. The van der Waals surface area contributed by atoms with E-state index in [0.29, 0.717) is 6.42 Å². The third-order valence-electron chi connectivity index (χ3n) is 5.40. The Hall–Kier alpha value is 1.51. The van der Waals surface area contributed by atoms with Crippen molar-refractivity contribution in [3.8, 4) is 0 Å². The number of aliphatic hydroxyl groups excluding tert-OH is 1. The topological polar surface area (TPSA) is 77.4 Å². The average Bonchev–Trinajstić information content (AvgIpc) is 2.62.